The van der Waals surface area contributed by atoms with Gasteiger partial charge in [0.1, 0.15) is 5.69 Å². The fourth-order valence-corrected chi connectivity index (χ4v) is 1.15. The van der Waals surface area contributed by atoms with Gasteiger partial charge in [-0.3, -0.25) is 15.0 Å². The average Bonchev–Trinajstić information content (AvgIpc) is 2.64. The molecule has 0 saturated carbocycles. The highest BCUT2D eigenvalue weighted by Crippen LogP contribution is 1.98. The first-order valence-corrected chi connectivity index (χ1v) is 4.54. The Morgan fingerprint density at radius 1 is 1.53 bits per heavy atom. The number of hydrazine groups is 1. The molecule has 0 bridgehead atoms. The van der Waals surface area contributed by atoms with E-state index in [0.29, 0.717) is 5.69 Å². The summed E-state index contributed by atoms with van der Waals surface area (Å²) in [6.45, 7) is 0.271. The molecular formula is C9H14N4O2. The number of aryl methyl sites for hydroxylation is 1. The third-order valence-electron chi connectivity index (χ3n) is 1.98. The van der Waals surface area contributed by atoms with Gasteiger partial charge in [-0.25, -0.2) is 5.84 Å². The van der Waals surface area contributed by atoms with Crippen molar-refractivity contribution in [3.05, 3.63) is 24.0 Å². The monoisotopic (exact) mass is 210 g/mol. The third kappa shape index (κ3) is 3.10. The molecular weight excluding hydrogens is 196 g/mol. The molecule has 15 heavy (non-hydrogen) atoms. The number of rotatable bonds is 4. The Labute approximate surface area is 87.4 Å². The summed E-state index contributed by atoms with van der Waals surface area (Å²) < 4.78 is 1.71. The maximum absolute atomic E-state index is 11.5. The van der Waals surface area contributed by atoms with Crippen LogP contribution in [0.3, 0.4) is 0 Å². The minimum Gasteiger partial charge on any atom is -0.350 e. The Kier molecular flexibility index (Phi) is 3.87. The number of aromatic nitrogens is 1. The van der Waals surface area contributed by atoms with Crippen LogP contribution in [0.25, 0.3) is 0 Å². The van der Waals surface area contributed by atoms with Crippen LogP contribution in [0, 0.1) is 0 Å². The van der Waals surface area contributed by atoms with E-state index >= 15 is 0 Å². The lowest BCUT2D eigenvalue weighted by Gasteiger charge is -2.05. The van der Waals surface area contributed by atoms with E-state index in [1.165, 1.54) is 0 Å². The normalized spacial score (nSPS) is 9.73. The van der Waals surface area contributed by atoms with Crippen LogP contribution in [0.1, 0.15) is 16.9 Å². The lowest BCUT2D eigenvalue weighted by molar-refractivity contribution is -0.121. The molecule has 1 aromatic heterocycles. The van der Waals surface area contributed by atoms with E-state index in [9.17, 15) is 9.59 Å². The molecule has 1 heterocycles. The molecule has 0 unspecified atom stereocenters. The first-order valence-electron chi connectivity index (χ1n) is 4.54. The van der Waals surface area contributed by atoms with Crippen LogP contribution >= 0.6 is 0 Å². The van der Waals surface area contributed by atoms with Crippen LogP contribution in [0.2, 0.25) is 0 Å². The molecule has 82 valence electrons. The molecule has 0 aliphatic heterocycles. The maximum atomic E-state index is 11.5. The number of nitrogens with two attached hydrogens (primary N) is 1. The average molecular weight is 210 g/mol. The van der Waals surface area contributed by atoms with Crippen LogP contribution < -0.4 is 16.6 Å². The SMILES string of the molecule is Cn1cccc1C(=O)NCCC(=O)NN. The van der Waals surface area contributed by atoms with Crippen molar-refractivity contribution in [2.45, 2.75) is 6.42 Å². The van der Waals surface area contributed by atoms with E-state index in [2.05, 4.69) is 5.32 Å². The molecule has 1 aromatic rings. The highest BCUT2D eigenvalue weighted by molar-refractivity contribution is 5.92. The molecule has 6 nitrogen and oxygen atoms in total. The van der Waals surface area contributed by atoms with Crippen LogP contribution in [0.5, 0.6) is 0 Å². The van der Waals surface area contributed by atoms with E-state index in [4.69, 9.17) is 5.84 Å². The smallest absolute Gasteiger partial charge is 0.267 e. The summed E-state index contributed by atoms with van der Waals surface area (Å²) in [5.74, 6) is 4.39. The molecule has 4 N–H and O–H groups in total. The van der Waals surface area contributed by atoms with Crippen molar-refractivity contribution in [1.29, 1.82) is 0 Å². The van der Waals surface area contributed by atoms with Gasteiger partial charge >= 0.3 is 0 Å². The zero-order valence-corrected chi connectivity index (χ0v) is 8.49. The van der Waals surface area contributed by atoms with Crippen molar-refractivity contribution >= 4 is 11.8 Å². The van der Waals surface area contributed by atoms with Gasteiger partial charge in [0.25, 0.3) is 5.91 Å². The number of carbonyl (C=O) groups is 2. The van der Waals surface area contributed by atoms with Crippen molar-refractivity contribution < 1.29 is 9.59 Å². The molecule has 0 spiro atoms. The standard InChI is InChI=1S/C9H14N4O2/c1-13-6-2-3-7(13)9(15)11-5-4-8(14)12-10/h2-3,6H,4-5,10H2,1H3,(H,11,15)(H,12,14). The van der Waals surface area contributed by atoms with Gasteiger partial charge in [-0.15, -0.1) is 0 Å². The van der Waals surface area contributed by atoms with Gasteiger partial charge in [-0.2, -0.15) is 0 Å². The number of nitrogens with one attached hydrogen (secondary N) is 2. The van der Waals surface area contributed by atoms with Crippen LogP contribution in [0.15, 0.2) is 18.3 Å². The van der Waals surface area contributed by atoms with Crippen molar-refractivity contribution in [2.24, 2.45) is 12.9 Å². The van der Waals surface area contributed by atoms with Gasteiger partial charge in [0.15, 0.2) is 0 Å². The van der Waals surface area contributed by atoms with E-state index in [1.54, 1.807) is 29.9 Å². The molecule has 0 aliphatic rings. The Hall–Kier alpha value is -1.82. The largest absolute Gasteiger partial charge is 0.350 e. The quantitative estimate of drug-likeness (QED) is 0.343. The number of nitrogens with zero attached hydrogens (tertiary/aromatic N) is 1. The zero-order valence-electron chi connectivity index (χ0n) is 8.49. The minimum atomic E-state index is -0.304. The predicted molar refractivity (Wildman–Crippen MR) is 54.7 cm³/mol. The second-order valence-corrected chi connectivity index (χ2v) is 3.08. The topological polar surface area (TPSA) is 89.2 Å². The highest BCUT2D eigenvalue weighted by atomic mass is 16.2. The number of hydrogen-bond donors (Lipinski definition) is 3. The maximum Gasteiger partial charge on any atom is 0.267 e. The van der Waals surface area contributed by atoms with E-state index < -0.39 is 0 Å². The van der Waals surface area contributed by atoms with E-state index in [0.717, 1.165) is 0 Å². The van der Waals surface area contributed by atoms with Gasteiger partial charge in [-0.05, 0) is 12.1 Å². The molecule has 0 atom stereocenters. The molecule has 1 rings (SSSR count). The fourth-order valence-electron chi connectivity index (χ4n) is 1.15. The first-order chi connectivity index (χ1) is 7.15. The van der Waals surface area contributed by atoms with E-state index in [1.807, 2.05) is 5.43 Å². The van der Waals surface area contributed by atoms with Crippen LogP contribution in [-0.2, 0) is 11.8 Å². The second-order valence-electron chi connectivity index (χ2n) is 3.08. The Morgan fingerprint density at radius 2 is 2.27 bits per heavy atom. The molecule has 0 saturated heterocycles. The van der Waals surface area contributed by atoms with Gasteiger partial charge in [0.05, 0.1) is 0 Å². The van der Waals surface area contributed by atoms with E-state index in [-0.39, 0.29) is 24.8 Å². The Bertz CT molecular complexity index is 359. The van der Waals surface area contributed by atoms with Crippen molar-refractivity contribution in [2.75, 3.05) is 6.54 Å². The summed E-state index contributed by atoms with van der Waals surface area (Å²) in [7, 11) is 1.78. The fraction of sp³-hybridized carbons (Fsp3) is 0.333. The van der Waals surface area contributed by atoms with Gasteiger partial charge in [-0.1, -0.05) is 0 Å². The lowest BCUT2D eigenvalue weighted by atomic mass is 10.3. The predicted octanol–water partition coefficient (Wildman–Crippen LogP) is -0.865. The first kappa shape index (κ1) is 11.3. The number of carbonyl (C=O) groups excluding carboxylic acids is 2. The molecule has 2 amide bonds. The van der Waals surface area contributed by atoms with Crippen molar-refractivity contribution in [1.82, 2.24) is 15.3 Å². The van der Waals surface area contributed by atoms with Gasteiger partial charge in [0.2, 0.25) is 5.91 Å². The van der Waals surface area contributed by atoms with Gasteiger partial charge < -0.3 is 9.88 Å². The zero-order chi connectivity index (χ0) is 11.3. The van der Waals surface area contributed by atoms with Gasteiger partial charge in [0, 0.05) is 26.2 Å². The number of amides is 2. The molecule has 0 radical (unpaired) electrons. The molecule has 0 fully saturated rings. The summed E-state index contributed by atoms with van der Waals surface area (Å²) >= 11 is 0. The molecule has 0 aliphatic carbocycles. The molecule has 0 aromatic carbocycles. The lowest BCUT2D eigenvalue weighted by Crippen LogP contribution is -2.34. The van der Waals surface area contributed by atoms with Crippen LogP contribution in [0.4, 0.5) is 0 Å². The summed E-state index contributed by atoms with van der Waals surface area (Å²) in [5, 5.41) is 2.61. The highest BCUT2D eigenvalue weighted by Gasteiger charge is 2.08. The summed E-state index contributed by atoms with van der Waals surface area (Å²) in [5.41, 5.74) is 2.55. The van der Waals surface area contributed by atoms with Crippen LogP contribution in [-0.4, -0.2) is 22.9 Å². The van der Waals surface area contributed by atoms with Crippen molar-refractivity contribution in [3.8, 4) is 0 Å². The second kappa shape index (κ2) is 5.16. The molecule has 6 heteroatoms. The summed E-state index contributed by atoms with van der Waals surface area (Å²) in [6, 6.07) is 3.49. The summed E-state index contributed by atoms with van der Waals surface area (Å²) in [6.07, 6.45) is 1.95. The van der Waals surface area contributed by atoms with Crippen molar-refractivity contribution in [3.63, 3.8) is 0 Å². The number of hydrogen-bond acceptors (Lipinski definition) is 3. The Morgan fingerprint density at radius 3 is 2.80 bits per heavy atom. The minimum absolute atomic E-state index is 0.173. The third-order valence-corrected chi connectivity index (χ3v) is 1.98. The summed E-state index contributed by atoms with van der Waals surface area (Å²) in [4.78, 5) is 22.3. The Balaban J connectivity index is 2.38.